The van der Waals surface area contributed by atoms with Crippen molar-refractivity contribution in [3.05, 3.63) is 0 Å². The number of hydrogen-bond acceptors (Lipinski definition) is 8. The minimum Gasteiger partial charge on any atom is -0.481 e. The Labute approximate surface area is 262 Å². The highest BCUT2D eigenvalue weighted by atomic mass is 16.6. The summed E-state index contributed by atoms with van der Waals surface area (Å²) in [4.78, 5) is 36.2. The summed E-state index contributed by atoms with van der Waals surface area (Å²) >= 11 is 0. The highest BCUT2D eigenvalue weighted by molar-refractivity contribution is 5.90. The van der Waals surface area contributed by atoms with E-state index in [2.05, 4.69) is 34.6 Å². The van der Waals surface area contributed by atoms with E-state index in [0.29, 0.717) is 32.1 Å². The summed E-state index contributed by atoms with van der Waals surface area (Å²) in [5.41, 5.74) is -4.16. The molecule has 6 unspecified atom stereocenters. The molecule has 250 valence electrons. The van der Waals surface area contributed by atoms with Crippen LogP contribution in [0.3, 0.4) is 0 Å². The Morgan fingerprint density at radius 3 is 2.09 bits per heavy atom. The molecule has 11 atom stereocenters. The molecule has 4 saturated carbocycles. The van der Waals surface area contributed by atoms with Crippen LogP contribution >= 0.6 is 0 Å². The number of carbonyl (C=O) groups is 3. The van der Waals surface area contributed by atoms with Gasteiger partial charge in [-0.2, -0.15) is 0 Å². The third kappa shape index (κ3) is 4.76. The van der Waals surface area contributed by atoms with Crippen molar-refractivity contribution in [2.75, 3.05) is 0 Å². The molecule has 0 radical (unpaired) electrons. The van der Waals surface area contributed by atoms with Crippen molar-refractivity contribution in [1.82, 2.24) is 0 Å². The summed E-state index contributed by atoms with van der Waals surface area (Å²) in [6.45, 7) is 18.3. The third-order valence-corrected chi connectivity index (χ3v) is 14.2. The van der Waals surface area contributed by atoms with Gasteiger partial charge in [-0.05, 0) is 107 Å². The standard InChI is InChI=1S/C35H56O9/c1-20(36)42-21-18-23-31(6)13-11-24(43-27(39)19-26(37)38)29(2,3)22(31)10-14-32(23,7)33(8)16-17-35(41,28(21)33)34(9)15-12-25(44-34)30(4,5)40/h21-25,28,40-41H,10-19H2,1-9H3,(H,37,38)/t21-,22?,23?,24?,25?,28?,31+,32-,33-,34+,35?/m1/s1. The maximum Gasteiger partial charge on any atom is 0.317 e. The topological polar surface area (TPSA) is 140 Å². The van der Waals surface area contributed by atoms with Crippen LogP contribution in [0, 0.1) is 39.4 Å². The van der Waals surface area contributed by atoms with E-state index in [4.69, 9.17) is 19.3 Å². The Morgan fingerprint density at radius 2 is 1.52 bits per heavy atom. The van der Waals surface area contributed by atoms with Gasteiger partial charge < -0.3 is 29.5 Å². The maximum atomic E-state index is 12.9. The molecule has 5 rings (SSSR count). The van der Waals surface area contributed by atoms with Crippen molar-refractivity contribution >= 4 is 17.9 Å². The van der Waals surface area contributed by atoms with E-state index in [1.54, 1.807) is 13.8 Å². The first-order valence-electron chi connectivity index (χ1n) is 16.8. The number of hydrogen-bond donors (Lipinski definition) is 3. The minimum absolute atomic E-state index is 0.140. The number of rotatable bonds is 6. The molecular weight excluding hydrogens is 564 g/mol. The molecule has 1 heterocycles. The normalized spacial score (nSPS) is 48.1. The summed E-state index contributed by atoms with van der Waals surface area (Å²) in [5, 5.41) is 32.8. The molecule has 5 aliphatic rings. The van der Waals surface area contributed by atoms with Crippen LogP contribution in [0.15, 0.2) is 0 Å². The van der Waals surface area contributed by atoms with Crippen LogP contribution in [-0.4, -0.2) is 68.3 Å². The second kappa shape index (κ2) is 10.4. The van der Waals surface area contributed by atoms with Gasteiger partial charge in [0.05, 0.1) is 17.3 Å². The van der Waals surface area contributed by atoms with Crippen molar-refractivity contribution in [2.45, 2.75) is 162 Å². The molecule has 44 heavy (non-hydrogen) atoms. The van der Waals surface area contributed by atoms with Gasteiger partial charge in [-0.3, -0.25) is 14.4 Å². The first kappa shape index (κ1) is 33.6. The zero-order valence-corrected chi connectivity index (χ0v) is 28.3. The Hall–Kier alpha value is -1.71. The average molecular weight is 621 g/mol. The molecule has 4 aliphatic carbocycles. The fourth-order valence-corrected chi connectivity index (χ4v) is 11.9. The van der Waals surface area contributed by atoms with Gasteiger partial charge in [-0.15, -0.1) is 0 Å². The summed E-state index contributed by atoms with van der Waals surface area (Å²) < 4.78 is 18.6. The van der Waals surface area contributed by atoms with E-state index >= 15 is 0 Å². The Morgan fingerprint density at radius 1 is 0.864 bits per heavy atom. The van der Waals surface area contributed by atoms with Crippen molar-refractivity contribution in [2.24, 2.45) is 39.4 Å². The van der Waals surface area contributed by atoms with Gasteiger partial charge in [0.2, 0.25) is 0 Å². The van der Waals surface area contributed by atoms with Crippen LogP contribution in [0.4, 0.5) is 0 Å². The van der Waals surface area contributed by atoms with Gasteiger partial charge in [0.1, 0.15) is 24.2 Å². The predicted molar refractivity (Wildman–Crippen MR) is 162 cm³/mol. The fourth-order valence-electron chi connectivity index (χ4n) is 11.9. The molecule has 0 aromatic rings. The molecule has 3 N–H and O–H groups in total. The Balaban J connectivity index is 1.51. The van der Waals surface area contributed by atoms with Crippen molar-refractivity contribution < 1.29 is 43.9 Å². The number of carboxylic acid groups (broad SMARTS) is 1. The van der Waals surface area contributed by atoms with E-state index in [1.165, 1.54) is 6.92 Å². The SMILES string of the molecule is CC(=O)O[C@@H]1CC2[C@@]3(C)CCC(OC(=O)CC(=O)O)C(C)(C)C3CC[C@@]2(C)[C@]2(C)CCC(O)([C@]3(C)CCC(C(C)(C)O)O3)C12. The summed E-state index contributed by atoms with van der Waals surface area (Å²) in [6.07, 6.45) is 4.65. The molecule has 9 nitrogen and oxygen atoms in total. The molecule has 0 aromatic carbocycles. The van der Waals surface area contributed by atoms with Crippen LogP contribution in [-0.2, 0) is 28.6 Å². The summed E-state index contributed by atoms with van der Waals surface area (Å²) in [6, 6.07) is 0. The third-order valence-electron chi connectivity index (χ3n) is 14.2. The number of ether oxygens (including phenoxy) is 3. The number of carbonyl (C=O) groups excluding carboxylic acids is 2. The lowest BCUT2D eigenvalue weighted by atomic mass is 9.35. The largest absolute Gasteiger partial charge is 0.481 e. The molecular formula is C35H56O9. The van der Waals surface area contributed by atoms with Crippen LogP contribution in [0.5, 0.6) is 0 Å². The summed E-state index contributed by atoms with van der Waals surface area (Å²) in [5.74, 6) is -2.15. The number of fused-ring (bicyclic) bond motifs is 5. The monoisotopic (exact) mass is 620 g/mol. The fraction of sp³-hybridized carbons (Fsp3) is 0.914. The average Bonchev–Trinajstić information content (AvgIpc) is 3.42. The second-order valence-electron chi connectivity index (χ2n) is 17.2. The maximum absolute atomic E-state index is 12.9. The van der Waals surface area contributed by atoms with Gasteiger partial charge >= 0.3 is 17.9 Å². The highest BCUT2D eigenvalue weighted by Gasteiger charge is 2.76. The van der Waals surface area contributed by atoms with E-state index in [1.807, 2.05) is 6.92 Å². The Kier molecular flexibility index (Phi) is 7.95. The zero-order valence-electron chi connectivity index (χ0n) is 28.3. The zero-order chi connectivity index (χ0) is 32.9. The first-order valence-corrected chi connectivity index (χ1v) is 16.8. The van der Waals surface area contributed by atoms with Crippen molar-refractivity contribution in [1.29, 1.82) is 0 Å². The second-order valence-corrected chi connectivity index (χ2v) is 17.2. The minimum atomic E-state index is -1.23. The molecule has 0 amide bonds. The molecule has 1 aliphatic heterocycles. The van der Waals surface area contributed by atoms with Crippen molar-refractivity contribution in [3.8, 4) is 0 Å². The number of aliphatic carboxylic acids is 1. The molecule has 0 aromatic heterocycles. The Bertz CT molecular complexity index is 1190. The smallest absolute Gasteiger partial charge is 0.317 e. The predicted octanol–water partition coefficient (Wildman–Crippen LogP) is 5.42. The quantitative estimate of drug-likeness (QED) is 0.262. The molecule has 9 heteroatoms. The first-order chi connectivity index (χ1) is 20.0. The highest BCUT2D eigenvalue weighted by Crippen LogP contribution is 2.77. The van der Waals surface area contributed by atoms with E-state index < -0.39 is 41.3 Å². The van der Waals surface area contributed by atoms with Gasteiger partial charge in [0.25, 0.3) is 0 Å². The molecule has 5 fully saturated rings. The van der Waals surface area contributed by atoms with Gasteiger partial charge in [-0.25, -0.2) is 0 Å². The van der Waals surface area contributed by atoms with E-state index in [9.17, 15) is 24.6 Å². The van der Waals surface area contributed by atoms with Gasteiger partial charge in [0, 0.05) is 18.3 Å². The van der Waals surface area contributed by atoms with Crippen LogP contribution in [0.25, 0.3) is 0 Å². The van der Waals surface area contributed by atoms with Crippen LogP contribution in [0.1, 0.15) is 127 Å². The van der Waals surface area contributed by atoms with Crippen LogP contribution < -0.4 is 0 Å². The van der Waals surface area contributed by atoms with Crippen LogP contribution in [0.2, 0.25) is 0 Å². The lowest BCUT2D eigenvalue weighted by Crippen LogP contribution is -2.70. The lowest BCUT2D eigenvalue weighted by Gasteiger charge is -2.71. The lowest BCUT2D eigenvalue weighted by molar-refractivity contribution is -0.280. The number of aliphatic hydroxyl groups is 2. The van der Waals surface area contributed by atoms with E-state index in [0.717, 1.165) is 25.7 Å². The molecule has 0 spiro atoms. The number of esters is 2. The van der Waals surface area contributed by atoms with Crippen molar-refractivity contribution in [3.63, 3.8) is 0 Å². The molecule has 0 bridgehead atoms. The van der Waals surface area contributed by atoms with Gasteiger partial charge in [-0.1, -0.05) is 34.6 Å². The van der Waals surface area contributed by atoms with Gasteiger partial charge in [0.15, 0.2) is 0 Å². The molecule has 1 saturated heterocycles. The van der Waals surface area contributed by atoms with E-state index in [-0.39, 0.29) is 57.6 Å². The number of carboxylic acids is 1. The summed E-state index contributed by atoms with van der Waals surface area (Å²) in [7, 11) is 0.